The number of amides is 1. The summed E-state index contributed by atoms with van der Waals surface area (Å²) < 4.78 is 41.4. The molecule has 1 N–H and O–H groups in total. The van der Waals surface area contributed by atoms with Crippen molar-refractivity contribution in [2.45, 2.75) is 31.1 Å². The van der Waals surface area contributed by atoms with Crippen molar-refractivity contribution in [1.82, 2.24) is 4.31 Å². The number of carbonyl (C=O) groups excluding carboxylic acids is 1. The predicted octanol–water partition coefficient (Wildman–Crippen LogP) is 4.21. The molecule has 0 saturated carbocycles. The molecule has 5 nitrogen and oxygen atoms in total. The number of carbonyl (C=O) groups is 1. The molecule has 144 valence electrons. The van der Waals surface area contributed by atoms with Crippen molar-refractivity contribution in [3.8, 4) is 0 Å². The molecule has 1 saturated heterocycles. The van der Waals surface area contributed by atoms with Gasteiger partial charge >= 0.3 is 0 Å². The number of anilines is 1. The van der Waals surface area contributed by atoms with E-state index in [1.807, 2.05) is 0 Å². The molecule has 0 aliphatic carbocycles. The summed E-state index contributed by atoms with van der Waals surface area (Å²) >= 11 is 5.72. The quantitative estimate of drug-likeness (QED) is 0.820. The van der Waals surface area contributed by atoms with E-state index in [0.29, 0.717) is 18.7 Å². The second-order valence-corrected chi connectivity index (χ2v) is 8.81. The van der Waals surface area contributed by atoms with E-state index >= 15 is 0 Å². The standard InChI is InChI=1S/C19H20ClFN2O3S/c1-13-8-9-14(19(24)22-16-7-5-6-15(20)18(16)21)12-17(13)27(25,26)23-10-3-2-4-11-23/h5-9,12H,2-4,10-11H2,1H3,(H,22,24). The largest absolute Gasteiger partial charge is 0.319 e. The predicted molar refractivity (Wildman–Crippen MR) is 103 cm³/mol. The van der Waals surface area contributed by atoms with Crippen molar-refractivity contribution >= 4 is 33.2 Å². The van der Waals surface area contributed by atoms with Crippen LogP contribution in [0.15, 0.2) is 41.3 Å². The minimum Gasteiger partial charge on any atom is -0.319 e. The summed E-state index contributed by atoms with van der Waals surface area (Å²) in [6.45, 7) is 2.65. The van der Waals surface area contributed by atoms with Crippen molar-refractivity contribution in [3.05, 3.63) is 58.4 Å². The van der Waals surface area contributed by atoms with Crippen LogP contribution < -0.4 is 5.32 Å². The molecule has 1 fully saturated rings. The summed E-state index contributed by atoms with van der Waals surface area (Å²) in [5.74, 6) is -1.34. The third kappa shape index (κ3) is 4.15. The summed E-state index contributed by atoms with van der Waals surface area (Å²) in [6.07, 6.45) is 2.66. The van der Waals surface area contributed by atoms with Crippen LogP contribution in [0.2, 0.25) is 5.02 Å². The Balaban J connectivity index is 1.90. The Hall–Kier alpha value is -1.96. The molecule has 27 heavy (non-hydrogen) atoms. The molecule has 8 heteroatoms. The van der Waals surface area contributed by atoms with Crippen LogP contribution in [0.3, 0.4) is 0 Å². The fraction of sp³-hybridized carbons (Fsp3) is 0.316. The van der Waals surface area contributed by atoms with Crippen molar-refractivity contribution < 1.29 is 17.6 Å². The molecule has 1 aliphatic rings. The maximum atomic E-state index is 14.0. The van der Waals surface area contributed by atoms with Gasteiger partial charge in [0.1, 0.15) is 0 Å². The summed E-state index contributed by atoms with van der Waals surface area (Å²) in [7, 11) is -3.68. The molecule has 0 spiro atoms. The number of rotatable bonds is 4. The number of benzene rings is 2. The Morgan fingerprint density at radius 1 is 1.15 bits per heavy atom. The number of nitrogens with one attached hydrogen (secondary N) is 1. The number of halogens is 2. The first-order valence-corrected chi connectivity index (χ1v) is 10.5. The van der Waals surface area contributed by atoms with E-state index in [2.05, 4.69) is 5.32 Å². The van der Waals surface area contributed by atoms with Crippen LogP contribution in [0, 0.1) is 12.7 Å². The third-order valence-corrected chi connectivity index (χ3v) is 6.92. The molecule has 2 aromatic carbocycles. The average molecular weight is 411 g/mol. The van der Waals surface area contributed by atoms with Crippen molar-refractivity contribution in [1.29, 1.82) is 0 Å². The highest BCUT2D eigenvalue weighted by Crippen LogP contribution is 2.26. The van der Waals surface area contributed by atoms with Gasteiger partial charge in [0, 0.05) is 18.7 Å². The van der Waals surface area contributed by atoms with Gasteiger partial charge in [-0.15, -0.1) is 0 Å². The summed E-state index contributed by atoms with van der Waals surface area (Å²) in [4.78, 5) is 12.6. The molecule has 3 rings (SSSR count). The lowest BCUT2D eigenvalue weighted by molar-refractivity contribution is 0.102. The molecular weight excluding hydrogens is 391 g/mol. The van der Waals surface area contributed by atoms with Crippen LogP contribution in [0.5, 0.6) is 0 Å². The first-order chi connectivity index (χ1) is 12.8. The molecule has 0 atom stereocenters. The SMILES string of the molecule is Cc1ccc(C(=O)Nc2cccc(Cl)c2F)cc1S(=O)(=O)N1CCCCC1. The lowest BCUT2D eigenvalue weighted by atomic mass is 10.1. The minimum atomic E-state index is -3.68. The maximum absolute atomic E-state index is 14.0. The van der Waals surface area contributed by atoms with Crippen molar-refractivity contribution in [3.63, 3.8) is 0 Å². The van der Waals surface area contributed by atoms with Gasteiger partial charge in [0.2, 0.25) is 10.0 Å². The zero-order chi connectivity index (χ0) is 19.6. The number of hydrogen-bond acceptors (Lipinski definition) is 3. The fourth-order valence-electron chi connectivity index (χ4n) is 3.06. The highest BCUT2D eigenvalue weighted by atomic mass is 35.5. The van der Waals surface area contributed by atoms with Crippen LogP contribution in [0.25, 0.3) is 0 Å². The zero-order valence-electron chi connectivity index (χ0n) is 14.8. The molecule has 1 heterocycles. The van der Waals surface area contributed by atoms with E-state index in [4.69, 9.17) is 11.6 Å². The monoisotopic (exact) mass is 410 g/mol. The number of sulfonamides is 1. The smallest absolute Gasteiger partial charge is 0.255 e. The maximum Gasteiger partial charge on any atom is 0.255 e. The Morgan fingerprint density at radius 2 is 1.85 bits per heavy atom. The highest BCUT2D eigenvalue weighted by Gasteiger charge is 2.28. The molecular formula is C19H20ClFN2O3S. The number of hydrogen-bond donors (Lipinski definition) is 1. The second kappa shape index (κ2) is 7.96. The van der Waals surface area contributed by atoms with Gasteiger partial charge in [-0.05, 0) is 49.6 Å². The third-order valence-electron chi connectivity index (χ3n) is 4.58. The Morgan fingerprint density at radius 3 is 2.56 bits per heavy atom. The van der Waals surface area contributed by atoms with E-state index in [0.717, 1.165) is 19.3 Å². The normalized spacial score (nSPS) is 15.5. The Bertz CT molecular complexity index is 973. The zero-order valence-corrected chi connectivity index (χ0v) is 16.4. The molecule has 0 aromatic heterocycles. The van der Waals surface area contributed by atoms with Gasteiger partial charge in [-0.25, -0.2) is 12.8 Å². The van der Waals surface area contributed by atoms with Gasteiger partial charge < -0.3 is 5.32 Å². The Kier molecular flexibility index (Phi) is 5.83. The van der Waals surface area contributed by atoms with Crippen LogP contribution in [0.1, 0.15) is 35.2 Å². The summed E-state index contributed by atoms with van der Waals surface area (Å²) in [5, 5.41) is 2.33. The van der Waals surface area contributed by atoms with Crippen LogP contribution in [0.4, 0.5) is 10.1 Å². The van der Waals surface area contributed by atoms with Gasteiger partial charge in [-0.1, -0.05) is 30.2 Å². The van der Waals surface area contributed by atoms with Crippen LogP contribution >= 0.6 is 11.6 Å². The van der Waals surface area contributed by atoms with Gasteiger partial charge in [0.05, 0.1) is 15.6 Å². The first-order valence-electron chi connectivity index (χ1n) is 8.67. The lowest BCUT2D eigenvalue weighted by Gasteiger charge is -2.26. The molecule has 1 amide bonds. The topological polar surface area (TPSA) is 66.5 Å². The van der Waals surface area contributed by atoms with Crippen molar-refractivity contribution in [2.24, 2.45) is 0 Å². The van der Waals surface area contributed by atoms with Crippen molar-refractivity contribution in [2.75, 3.05) is 18.4 Å². The minimum absolute atomic E-state index is 0.0616. The van der Waals surface area contributed by atoms with Crippen LogP contribution in [-0.2, 0) is 10.0 Å². The van der Waals surface area contributed by atoms with Crippen LogP contribution in [-0.4, -0.2) is 31.7 Å². The fourth-order valence-corrected chi connectivity index (χ4v) is 5.00. The number of aryl methyl sites for hydroxylation is 1. The first kappa shape index (κ1) is 19.8. The highest BCUT2D eigenvalue weighted by molar-refractivity contribution is 7.89. The molecule has 2 aromatic rings. The number of piperidine rings is 1. The summed E-state index contributed by atoms with van der Waals surface area (Å²) in [5.41, 5.74) is 0.634. The molecule has 0 radical (unpaired) electrons. The van der Waals surface area contributed by atoms with E-state index in [1.165, 1.54) is 34.6 Å². The molecule has 0 unspecified atom stereocenters. The van der Waals surface area contributed by atoms with Gasteiger partial charge in [-0.2, -0.15) is 4.31 Å². The summed E-state index contributed by atoms with van der Waals surface area (Å²) in [6, 6.07) is 8.72. The van der Waals surface area contributed by atoms with Gasteiger partial charge in [0.15, 0.2) is 5.82 Å². The lowest BCUT2D eigenvalue weighted by Crippen LogP contribution is -2.36. The molecule has 0 bridgehead atoms. The number of nitrogens with zero attached hydrogens (tertiary/aromatic N) is 1. The molecule has 1 aliphatic heterocycles. The van der Waals surface area contributed by atoms with E-state index in [-0.39, 0.29) is 21.2 Å². The van der Waals surface area contributed by atoms with E-state index in [1.54, 1.807) is 13.0 Å². The second-order valence-electron chi connectivity index (χ2n) is 6.50. The Labute approximate surface area is 163 Å². The van der Waals surface area contributed by atoms with Gasteiger partial charge in [-0.3, -0.25) is 4.79 Å². The average Bonchev–Trinajstić information content (AvgIpc) is 2.66. The van der Waals surface area contributed by atoms with E-state index in [9.17, 15) is 17.6 Å². The van der Waals surface area contributed by atoms with E-state index < -0.39 is 21.7 Å². The van der Waals surface area contributed by atoms with Gasteiger partial charge in [0.25, 0.3) is 5.91 Å².